The Labute approximate surface area is 181 Å². The third-order valence-corrected chi connectivity index (χ3v) is 6.62. The number of nitrogens with one attached hydrogen (secondary N) is 1. The fourth-order valence-corrected chi connectivity index (χ4v) is 4.72. The largest absolute Gasteiger partial charge is 0.504 e. The summed E-state index contributed by atoms with van der Waals surface area (Å²) in [5.41, 5.74) is 1.68. The fraction of sp³-hybridized carbons (Fsp3) is 0.190. The molecule has 0 bridgehead atoms. The lowest BCUT2D eigenvalue weighted by molar-refractivity contribution is 0.373. The van der Waals surface area contributed by atoms with Crippen molar-refractivity contribution in [2.75, 3.05) is 7.11 Å². The number of aromatic hydroxyl groups is 2. The Morgan fingerprint density at radius 2 is 2.03 bits per heavy atom. The van der Waals surface area contributed by atoms with E-state index in [2.05, 4.69) is 4.98 Å². The first-order chi connectivity index (χ1) is 14.4. The molecule has 0 amide bonds. The van der Waals surface area contributed by atoms with Gasteiger partial charge in [0.1, 0.15) is 5.56 Å². The minimum absolute atomic E-state index is 0.0521. The van der Waals surface area contributed by atoms with Gasteiger partial charge in [0.05, 0.1) is 18.5 Å². The highest BCUT2D eigenvalue weighted by Crippen LogP contribution is 2.46. The molecule has 1 aliphatic heterocycles. The molecule has 1 atom stereocenters. The number of phenols is 1. The van der Waals surface area contributed by atoms with Gasteiger partial charge in [-0.05, 0) is 42.0 Å². The van der Waals surface area contributed by atoms with E-state index in [1.807, 2.05) is 30.3 Å². The van der Waals surface area contributed by atoms with Crippen LogP contribution in [0.1, 0.15) is 22.8 Å². The number of para-hydroxylation sites is 1. The maximum atomic E-state index is 12.7. The number of fused-ring (bicyclic) bond motifs is 1. The molecule has 0 saturated heterocycles. The molecule has 1 unspecified atom stereocenters. The van der Waals surface area contributed by atoms with Gasteiger partial charge in [-0.25, -0.2) is 0 Å². The number of hydrogen-bond acceptors (Lipinski definition) is 7. The van der Waals surface area contributed by atoms with E-state index in [9.17, 15) is 15.0 Å². The van der Waals surface area contributed by atoms with Crippen molar-refractivity contribution >= 4 is 35.4 Å². The van der Waals surface area contributed by atoms with Crippen molar-refractivity contribution in [2.24, 2.45) is 12.0 Å². The highest BCUT2D eigenvalue weighted by atomic mass is 32.2. The van der Waals surface area contributed by atoms with Gasteiger partial charge in [-0.3, -0.25) is 19.3 Å². The van der Waals surface area contributed by atoms with Crippen molar-refractivity contribution in [3.63, 3.8) is 0 Å². The quantitative estimate of drug-likeness (QED) is 0.526. The molecule has 7 nitrogen and oxygen atoms in total. The number of aromatic amines is 1. The summed E-state index contributed by atoms with van der Waals surface area (Å²) in [6.45, 7) is 0. The lowest BCUT2D eigenvalue weighted by Crippen LogP contribution is -2.23. The smallest absolute Gasteiger partial charge is 0.264 e. The predicted molar refractivity (Wildman–Crippen MR) is 119 cm³/mol. The number of H-pyrrole nitrogens is 1. The second-order valence-corrected chi connectivity index (χ2v) is 8.42. The molecule has 3 aromatic rings. The van der Waals surface area contributed by atoms with Crippen molar-refractivity contribution in [3.05, 3.63) is 68.7 Å². The summed E-state index contributed by atoms with van der Waals surface area (Å²) >= 11 is 6.68. The number of rotatable bonds is 3. The van der Waals surface area contributed by atoms with Crippen molar-refractivity contribution in [1.82, 2.24) is 9.55 Å². The molecule has 2 heterocycles. The van der Waals surface area contributed by atoms with E-state index >= 15 is 0 Å². The van der Waals surface area contributed by atoms with Crippen LogP contribution >= 0.6 is 24.0 Å². The Morgan fingerprint density at radius 1 is 1.27 bits per heavy atom. The molecule has 1 aliphatic rings. The number of hydrogen-bond donors (Lipinski definition) is 3. The van der Waals surface area contributed by atoms with Gasteiger partial charge in [0, 0.05) is 23.6 Å². The Morgan fingerprint density at radius 3 is 2.80 bits per heavy atom. The standard InChI is InChI=1S/C21H19N3O4S2/c1-24-20(27)18(19(26)23-21(24)29)13-10-17(11-7-8-14(25)15(9-11)28-2)30-16-6-4-3-5-12(16)22-13/h3-9,17,25,27H,10H2,1-2H3,(H,23,26,29). The highest BCUT2D eigenvalue weighted by molar-refractivity contribution is 7.99. The van der Waals surface area contributed by atoms with Crippen LogP contribution in [0.3, 0.4) is 0 Å². The molecule has 30 heavy (non-hydrogen) atoms. The van der Waals surface area contributed by atoms with Crippen LogP contribution in [-0.4, -0.2) is 32.6 Å². The third-order valence-electron chi connectivity index (χ3n) is 4.93. The van der Waals surface area contributed by atoms with Crippen LogP contribution in [0.4, 0.5) is 5.69 Å². The van der Waals surface area contributed by atoms with Crippen molar-refractivity contribution in [1.29, 1.82) is 0 Å². The van der Waals surface area contributed by atoms with E-state index in [0.717, 1.165) is 16.1 Å². The summed E-state index contributed by atoms with van der Waals surface area (Å²) < 4.78 is 6.73. The molecular weight excluding hydrogens is 422 g/mol. The van der Waals surface area contributed by atoms with Gasteiger partial charge in [0.2, 0.25) is 5.88 Å². The molecule has 0 saturated carbocycles. The summed E-state index contributed by atoms with van der Waals surface area (Å²) in [7, 11) is 3.08. The predicted octanol–water partition coefficient (Wildman–Crippen LogP) is 4.22. The number of thioether (sulfide) groups is 1. The third kappa shape index (κ3) is 3.61. The number of phenolic OH excluding ortho intramolecular Hbond substituents is 1. The summed E-state index contributed by atoms with van der Waals surface area (Å²) in [6.07, 6.45) is 0.376. The zero-order chi connectivity index (χ0) is 21.4. The average molecular weight is 442 g/mol. The van der Waals surface area contributed by atoms with Crippen molar-refractivity contribution in [2.45, 2.75) is 16.6 Å². The highest BCUT2D eigenvalue weighted by Gasteiger charge is 2.27. The van der Waals surface area contributed by atoms with Crippen molar-refractivity contribution < 1.29 is 14.9 Å². The maximum Gasteiger partial charge on any atom is 0.264 e. The number of benzene rings is 2. The summed E-state index contributed by atoms with van der Waals surface area (Å²) in [5, 5.41) is 20.5. The summed E-state index contributed by atoms with van der Waals surface area (Å²) in [6, 6.07) is 12.8. The van der Waals surface area contributed by atoms with Gasteiger partial charge in [0.25, 0.3) is 5.56 Å². The monoisotopic (exact) mass is 441 g/mol. The molecule has 1 aromatic heterocycles. The van der Waals surface area contributed by atoms with E-state index in [0.29, 0.717) is 17.9 Å². The number of nitrogens with zero attached hydrogens (tertiary/aromatic N) is 2. The van der Waals surface area contributed by atoms with E-state index < -0.39 is 5.56 Å². The van der Waals surface area contributed by atoms with Gasteiger partial charge in [-0.1, -0.05) is 18.2 Å². The average Bonchev–Trinajstić information content (AvgIpc) is 2.92. The number of methoxy groups -OCH3 is 1. The van der Waals surface area contributed by atoms with Crippen LogP contribution in [0.5, 0.6) is 17.4 Å². The molecule has 2 aromatic carbocycles. The SMILES string of the molecule is COc1cc(C2CC(c3c(O)n(C)c(=S)[nH]c3=O)=Nc3ccccc3S2)ccc1O. The number of ether oxygens (including phenoxy) is 1. The maximum absolute atomic E-state index is 12.7. The molecule has 0 radical (unpaired) electrons. The lowest BCUT2D eigenvalue weighted by Gasteiger charge is -2.18. The molecule has 0 aliphatic carbocycles. The Bertz CT molecular complexity index is 1280. The molecule has 0 fully saturated rings. The fourth-order valence-electron chi connectivity index (χ4n) is 3.32. The number of aromatic nitrogens is 2. The minimum Gasteiger partial charge on any atom is -0.504 e. The van der Waals surface area contributed by atoms with E-state index in [4.69, 9.17) is 21.9 Å². The van der Waals surface area contributed by atoms with E-state index in [1.165, 1.54) is 11.7 Å². The zero-order valence-electron chi connectivity index (χ0n) is 16.2. The van der Waals surface area contributed by atoms with Crippen LogP contribution in [0.25, 0.3) is 0 Å². The van der Waals surface area contributed by atoms with Crippen LogP contribution in [0.15, 0.2) is 57.1 Å². The van der Waals surface area contributed by atoms with Gasteiger partial charge in [0.15, 0.2) is 16.3 Å². The topological polar surface area (TPSA) is 99.8 Å². The Hall–Kier alpha value is -3.04. The van der Waals surface area contributed by atoms with Gasteiger partial charge >= 0.3 is 0 Å². The van der Waals surface area contributed by atoms with Crippen LogP contribution < -0.4 is 10.3 Å². The Balaban J connectivity index is 1.90. The first-order valence-corrected chi connectivity index (χ1v) is 10.4. The van der Waals surface area contributed by atoms with Crippen LogP contribution in [-0.2, 0) is 7.05 Å². The van der Waals surface area contributed by atoms with Gasteiger partial charge < -0.3 is 14.9 Å². The number of aliphatic imine (C=N–C) groups is 1. The molecular formula is C21H19N3O4S2. The second kappa shape index (κ2) is 8.00. The Kier molecular flexibility index (Phi) is 5.40. The van der Waals surface area contributed by atoms with Crippen molar-refractivity contribution in [3.8, 4) is 17.4 Å². The van der Waals surface area contributed by atoms with E-state index in [-0.39, 0.29) is 27.2 Å². The van der Waals surface area contributed by atoms with E-state index in [1.54, 1.807) is 30.9 Å². The second-order valence-electron chi connectivity index (χ2n) is 6.79. The normalized spacial score (nSPS) is 15.8. The molecule has 0 spiro atoms. The first-order valence-electron chi connectivity index (χ1n) is 9.12. The van der Waals surface area contributed by atoms with Gasteiger partial charge in [-0.2, -0.15) is 0 Å². The van der Waals surface area contributed by atoms with Crippen LogP contribution in [0.2, 0.25) is 0 Å². The molecule has 4 rings (SSSR count). The first kappa shape index (κ1) is 20.2. The zero-order valence-corrected chi connectivity index (χ0v) is 17.9. The van der Waals surface area contributed by atoms with Crippen LogP contribution in [0, 0.1) is 4.77 Å². The lowest BCUT2D eigenvalue weighted by atomic mass is 10.0. The molecule has 9 heteroatoms. The molecule has 154 valence electrons. The van der Waals surface area contributed by atoms with Gasteiger partial charge in [-0.15, -0.1) is 11.8 Å². The summed E-state index contributed by atoms with van der Waals surface area (Å²) in [5.74, 6) is 0.192. The molecule has 3 N–H and O–H groups in total. The minimum atomic E-state index is -0.485. The summed E-state index contributed by atoms with van der Waals surface area (Å²) in [4.78, 5) is 21.0.